The molecule has 1 aliphatic carbocycles. The summed E-state index contributed by atoms with van der Waals surface area (Å²) in [5.41, 5.74) is 10.5. The van der Waals surface area contributed by atoms with Gasteiger partial charge in [-0.05, 0) is 42.0 Å². The third-order valence-corrected chi connectivity index (χ3v) is 5.75. The fourth-order valence-corrected chi connectivity index (χ4v) is 4.28. The van der Waals surface area contributed by atoms with Gasteiger partial charge in [0, 0.05) is 37.7 Å². The molecule has 2 atom stereocenters. The van der Waals surface area contributed by atoms with Crippen LogP contribution in [0.15, 0.2) is 48.0 Å². The molecular formula is C22H23F3N2. The van der Waals surface area contributed by atoms with Crippen LogP contribution in [0.4, 0.5) is 13.2 Å². The van der Waals surface area contributed by atoms with E-state index in [1.807, 2.05) is 0 Å². The third-order valence-electron chi connectivity index (χ3n) is 5.75. The quantitative estimate of drug-likeness (QED) is 0.643. The van der Waals surface area contributed by atoms with E-state index in [2.05, 4.69) is 35.2 Å². The lowest BCUT2D eigenvalue weighted by molar-refractivity contribution is 0.269. The summed E-state index contributed by atoms with van der Waals surface area (Å²) >= 11 is 0. The number of halogens is 3. The maximum Gasteiger partial charge on any atom is 0.161 e. The summed E-state index contributed by atoms with van der Waals surface area (Å²) in [5, 5.41) is 0. The Morgan fingerprint density at radius 3 is 2.52 bits per heavy atom. The Balaban J connectivity index is 1.45. The first-order chi connectivity index (χ1) is 13.0. The van der Waals surface area contributed by atoms with Crippen LogP contribution < -0.4 is 5.73 Å². The van der Waals surface area contributed by atoms with E-state index < -0.39 is 17.5 Å². The van der Waals surface area contributed by atoms with E-state index in [-0.39, 0.29) is 17.5 Å². The summed E-state index contributed by atoms with van der Waals surface area (Å²) in [6.45, 7) is 2.77. The molecule has 0 saturated carbocycles. The maximum atomic E-state index is 14.1. The molecule has 27 heavy (non-hydrogen) atoms. The summed E-state index contributed by atoms with van der Waals surface area (Å²) < 4.78 is 40.8. The Morgan fingerprint density at radius 1 is 1.00 bits per heavy atom. The maximum absolute atomic E-state index is 14.1. The standard InChI is InChI=1S/C22H23F3N2/c23-19-11-21(25)20(24)10-18(19)17-6-5-14(9-22(17)26)12-27-8-7-15-3-1-2-4-16(15)13-27/h1-5,10-11,17,22H,6-9,12-13,26H2/t17-,22+/m0/s1. The molecule has 2 aliphatic rings. The molecule has 5 heteroatoms. The number of rotatable bonds is 3. The molecule has 1 aliphatic heterocycles. The molecule has 0 bridgehead atoms. The normalized spacial score (nSPS) is 23.0. The highest BCUT2D eigenvalue weighted by molar-refractivity contribution is 5.31. The van der Waals surface area contributed by atoms with Crippen LogP contribution in [-0.2, 0) is 13.0 Å². The molecule has 1 heterocycles. The number of nitrogens with zero attached hydrogens (tertiary/aromatic N) is 1. The molecule has 2 aromatic rings. The van der Waals surface area contributed by atoms with Crippen LogP contribution in [0.25, 0.3) is 0 Å². The second kappa shape index (κ2) is 7.49. The van der Waals surface area contributed by atoms with Crippen molar-refractivity contribution < 1.29 is 13.2 Å². The zero-order valence-electron chi connectivity index (χ0n) is 15.1. The first-order valence-corrected chi connectivity index (χ1v) is 9.38. The second-order valence-corrected chi connectivity index (χ2v) is 7.59. The fourth-order valence-electron chi connectivity index (χ4n) is 4.28. The van der Waals surface area contributed by atoms with Crippen molar-refractivity contribution in [1.82, 2.24) is 4.90 Å². The van der Waals surface area contributed by atoms with Crippen molar-refractivity contribution in [3.63, 3.8) is 0 Å². The van der Waals surface area contributed by atoms with E-state index in [0.717, 1.165) is 32.1 Å². The minimum absolute atomic E-state index is 0.170. The van der Waals surface area contributed by atoms with Crippen LogP contribution in [0.3, 0.4) is 0 Å². The van der Waals surface area contributed by atoms with Gasteiger partial charge in [0.2, 0.25) is 0 Å². The van der Waals surface area contributed by atoms with Gasteiger partial charge < -0.3 is 5.73 Å². The largest absolute Gasteiger partial charge is 0.327 e. The molecule has 2 N–H and O–H groups in total. The van der Waals surface area contributed by atoms with E-state index in [1.54, 1.807) is 0 Å². The molecule has 0 spiro atoms. The Morgan fingerprint density at radius 2 is 1.74 bits per heavy atom. The van der Waals surface area contributed by atoms with E-state index in [1.165, 1.54) is 16.7 Å². The summed E-state index contributed by atoms with van der Waals surface area (Å²) in [5.74, 6) is -3.24. The number of benzene rings is 2. The predicted molar refractivity (Wildman–Crippen MR) is 99.8 cm³/mol. The summed E-state index contributed by atoms with van der Waals surface area (Å²) in [6.07, 6.45) is 4.32. The number of hydrogen-bond acceptors (Lipinski definition) is 2. The van der Waals surface area contributed by atoms with Crippen molar-refractivity contribution in [2.75, 3.05) is 13.1 Å². The summed E-state index contributed by atoms with van der Waals surface area (Å²) in [4.78, 5) is 2.40. The molecular weight excluding hydrogens is 349 g/mol. The Kier molecular flexibility index (Phi) is 5.06. The Hall–Kier alpha value is -2.11. The smallest absolute Gasteiger partial charge is 0.161 e. The highest BCUT2D eigenvalue weighted by Crippen LogP contribution is 2.34. The van der Waals surface area contributed by atoms with Gasteiger partial charge >= 0.3 is 0 Å². The van der Waals surface area contributed by atoms with E-state index in [9.17, 15) is 13.2 Å². The molecule has 0 fully saturated rings. The van der Waals surface area contributed by atoms with Crippen molar-refractivity contribution in [3.8, 4) is 0 Å². The lowest BCUT2D eigenvalue weighted by Gasteiger charge is -2.34. The van der Waals surface area contributed by atoms with Gasteiger partial charge in [-0.3, -0.25) is 4.90 Å². The van der Waals surface area contributed by atoms with Crippen molar-refractivity contribution in [3.05, 3.63) is 82.2 Å². The average Bonchev–Trinajstić information content (AvgIpc) is 2.65. The van der Waals surface area contributed by atoms with Gasteiger partial charge in [-0.25, -0.2) is 13.2 Å². The van der Waals surface area contributed by atoms with Gasteiger partial charge in [0.05, 0.1) is 0 Å². The monoisotopic (exact) mass is 372 g/mol. The molecule has 0 amide bonds. The van der Waals surface area contributed by atoms with Gasteiger partial charge in [-0.15, -0.1) is 0 Å². The van der Waals surface area contributed by atoms with E-state index >= 15 is 0 Å². The Bertz CT molecular complexity index is 878. The van der Waals surface area contributed by atoms with Gasteiger partial charge in [0.15, 0.2) is 11.6 Å². The minimum Gasteiger partial charge on any atom is -0.327 e. The fraction of sp³-hybridized carbons (Fsp3) is 0.364. The zero-order chi connectivity index (χ0) is 19.0. The highest BCUT2D eigenvalue weighted by Gasteiger charge is 2.28. The Labute approximate surface area is 157 Å². The third kappa shape index (κ3) is 3.80. The molecule has 2 aromatic carbocycles. The van der Waals surface area contributed by atoms with Crippen molar-refractivity contribution in [1.29, 1.82) is 0 Å². The number of hydrogen-bond donors (Lipinski definition) is 1. The predicted octanol–water partition coefficient (Wildman–Crippen LogP) is 4.29. The molecule has 0 aromatic heterocycles. The van der Waals surface area contributed by atoms with Gasteiger partial charge in [-0.1, -0.05) is 35.9 Å². The van der Waals surface area contributed by atoms with Gasteiger partial charge in [-0.2, -0.15) is 0 Å². The number of nitrogens with two attached hydrogens (primary N) is 1. The first-order valence-electron chi connectivity index (χ1n) is 9.38. The zero-order valence-corrected chi connectivity index (χ0v) is 15.1. The van der Waals surface area contributed by atoms with Crippen molar-refractivity contribution in [2.24, 2.45) is 5.73 Å². The van der Waals surface area contributed by atoms with Crippen LogP contribution in [-0.4, -0.2) is 24.0 Å². The molecule has 2 nitrogen and oxygen atoms in total. The molecule has 142 valence electrons. The van der Waals surface area contributed by atoms with Crippen molar-refractivity contribution in [2.45, 2.75) is 37.8 Å². The molecule has 0 unspecified atom stereocenters. The van der Waals surface area contributed by atoms with Gasteiger partial charge in [0.25, 0.3) is 0 Å². The summed E-state index contributed by atoms with van der Waals surface area (Å²) in [6, 6.07) is 9.76. The lowest BCUT2D eigenvalue weighted by Crippen LogP contribution is -2.37. The van der Waals surface area contributed by atoms with Crippen LogP contribution in [0.1, 0.15) is 35.4 Å². The average molecular weight is 372 g/mol. The van der Waals surface area contributed by atoms with E-state index in [0.29, 0.717) is 18.9 Å². The number of fused-ring (bicyclic) bond motifs is 1. The SMILES string of the molecule is N[C@@H]1CC(CN2CCc3ccccc3C2)=CC[C@H]1c1cc(F)c(F)cc1F. The summed E-state index contributed by atoms with van der Waals surface area (Å²) in [7, 11) is 0. The first kappa shape index (κ1) is 18.3. The van der Waals surface area contributed by atoms with Crippen LogP contribution in [0, 0.1) is 17.5 Å². The van der Waals surface area contributed by atoms with Crippen LogP contribution in [0.2, 0.25) is 0 Å². The topological polar surface area (TPSA) is 29.3 Å². The molecule has 4 rings (SSSR count). The van der Waals surface area contributed by atoms with Crippen LogP contribution >= 0.6 is 0 Å². The van der Waals surface area contributed by atoms with Gasteiger partial charge in [0.1, 0.15) is 5.82 Å². The second-order valence-electron chi connectivity index (χ2n) is 7.59. The highest BCUT2D eigenvalue weighted by atomic mass is 19.2. The molecule has 0 radical (unpaired) electrons. The minimum atomic E-state index is -1.16. The van der Waals surface area contributed by atoms with E-state index in [4.69, 9.17) is 5.73 Å². The van der Waals surface area contributed by atoms with Crippen molar-refractivity contribution >= 4 is 0 Å². The lowest BCUT2D eigenvalue weighted by atomic mass is 9.80. The number of allylic oxidation sites excluding steroid dienone is 1. The van der Waals surface area contributed by atoms with Crippen LogP contribution in [0.5, 0.6) is 0 Å². The molecule has 0 saturated heterocycles.